The summed E-state index contributed by atoms with van der Waals surface area (Å²) in [5.74, 6) is -0.233. The molecule has 0 fully saturated rings. The molecule has 1 aromatic heterocycles. The number of amides is 1. The normalized spacial score (nSPS) is 9.42. The lowest BCUT2D eigenvalue weighted by molar-refractivity contribution is 0.0960. The first-order valence-corrected chi connectivity index (χ1v) is 3.37. The molecule has 4 N–H and O–H groups in total. The molecule has 1 heterocycles. The van der Waals surface area contributed by atoms with Gasteiger partial charge in [0.2, 0.25) is 0 Å². The number of nitrogens with two attached hydrogens (primary N) is 1. The molecule has 0 unspecified atom stereocenters. The highest BCUT2D eigenvalue weighted by Crippen LogP contribution is 1.99. The first kappa shape index (κ1) is 8.32. The van der Waals surface area contributed by atoms with Crippen LogP contribution in [0, 0.1) is 6.92 Å². The van der Waals surface area contributed by atoms with Gasteiger partial charge in [-0.1, -0.05) is 6.58 Å². The van der Waals surface area contributed by atoms with Gasteiger partial charge < -0.3 is 16.0 Å². The highest BCUT2D eigenvalue weighted by molar-refractivity contribution is 5.94. The van der Waals surface area contributed by atoms with Gasteiger partial charge in [0, 0.05) is 5.69 Å². The van der Waals surface area contributed by atoms with Crippen molar-refractivity contribution in [2.24, 2.45) is 5.73 Å². The second kappa shape index (κ2) is 3.08. The number of nitrogens with zero attached hydrogens (tertiary/aromatic N) is 1. The summed E-state index contributed by atoms with van der Waals surface area (Å²) >= 11 is 0. The van der Waals surface area contributed by atoms with Crippen LogP contribution in [0.25, 0.3) is 0 Å². The summed E-state index contributed by atoms with van der Waals surface area (Å²) < 4.78 is 0. The lowest BCUT2D eigenvalue weighted by atomic mass is 10.3. The van der Waals surface area contributed by atoms with Crippen molar-refractivity contribution in [1.82, 2.24) is 15.3 Å². The van der Waals surface area contributed by atoms with E-state index in [2.05, 4.69) is 21.9 Å². The number of H-pyrrole nitrogens is 1. The van der Waals surface area contributed by atoms with E-state index in [0.29, 0.717) is 11.4 Å². The summed E-state index contributed by atoms with van der Waals surface area (Å²) in [6.07, 6.45) is 1.45. The zero-order chi connectivity index (χ0) is 9.14. The van der Waals surface area contributed by atoms with E-state index in [1.165, 1.54) is 6.33 Å². The number of hydrogen-bond donors (Lipinski definition) is 3. The second-order valence-corrected chi connectivity index (χ2v) is 2.36. The summed E-state index contributed by atoms with van der Waals surface area (Å²) in [5, 5.41) is 2.35. The molecular formula is C7H10N4O. The van der Waals surface area contributed by atoms with Crippen LogP contribution >= 0.6 is 0 Å². The topological polar surface area (TPSA) is 83.8 Å². The number of hydrogen-bond acceptors (Lipinski definition) is 3. The van der Waals surface area contributed by atoms with Crippen LogP contribution in [-0.4, -0.2) is 15.9 Å². The first-order chi connectivity index (χ1) is 5.61. The van der Waals surface area contributed by atoms with Gasteiger partial charge in [0.05, 0.1) is 12.1 Å². The smallest absolute Gasteiger partial charge is 0.277 e. The predicted molar refractivity (Wildman–Crippen MR) is 44.1 cm³/mol. The third kappa shape index (κ3) is 1.63. The predicted octanol–water partition coefficient (Wildman–Crippen LogP) is -0.122. The van der Waals surface area contributed by atoms with Gasteiger partial charge in [-0.25, -0.2) is 4.98 Å². The largest absolute Gasteiger partial charge is 0.386 e. The van der Waals surface area contributed by atoms with Gasteiger partial charge in [-0.05, 0) is 6.92 Å². The van der Waals surface area contributed by atoms with Crippen LogP contribution in [0.5, 0.6) is 0 Å². The van der Waals surface area contributed by atoms with Crippen molar-refractivity contribution in [2.45, 2.75) is 6.92 Å². The number of nitrogens with one attached hydrogen (secondary N) is 2. The van der Waals surface area contributed by atoms with Crippen molar-refractivity contribution in [3.05, 3.63) is 30.1 Å². The third-order valence-corrected chi connectivity index (χ3v) is 1.32. The minimum atomic E-state index is -0.346. The fraction of sp³-hybridized carbons (Fsp3) is 0.143. The van der Waals surface area contributed by atoms with E-state index in [1.807, 2.05) is 0 Å². The van der Waals surface area contributed by atoms with Crippen LogP contribution in [0.15, 0.2) is 18.7 Å². The zero-order valence-corrected chi connectivity index (χ0v) is 6.72. The molecule has 0 bridgehead atoms. The fourth-order valence-electron chi connectivity index (χ4n) is 0.793. The zero-order valence-electron chi connectivity index (χ0n) is 6.72. The van der Waals surface area contributed by atoms with Gasteiger partial charge in [-0.3, -0.25) is 4.79 Å². The van der Waals surface area contributed by atoms with E-state index in [0.717, 1.165) is 0 Å². The average molecular weight is 166 g/mol. The molecule has 0 saturated heterocycles. The Morgan fingerprint density at radius 3 is 2.92 bits per heavy atom. The molecular weight excluding hydrogens is 156 g/mol. The molecule has 5 nitrogen and oxygen atoms in total. The highest BCUT2D eigenvalue weighted by atomic mass is 16.2. The Morgan fingerprint density at radius 2 is 2.50 bits per heavy atom. The van der Waals surface area contributed by atoms with Crippen LogP contribution in [0.4, 0.5) is 0 Å². The van der Waals surface area contributed by atoms with Gasteiger partial charge in [-0.2, -0.15) is 0 Å². The number of imidazole rings is 1. The Kier molecular flexibility index (Phi) is 2.14. The van der Waals surface area contributed by atoms with Gasteiger partial charge in [-0.15, -0.1) is 0 Å². The molecule has 1 amide bonds. The molecule has 0 aromatic carbocycles. The van der Waals surface area contributed by atoms with Crippen molar-refractivity contribution in [2.75, 3.05) is 0 Å². The Balaban J connectivity index is 2.78. The molecule has 0 aliphatic rings. The molecule has 0 radical (unpaired) electrons. The van der Waals surface area contributed by atoms with Gasteiger partial charge in [0.15, 0.2) is 0 Å². The van der Waals surface area contributed by atoms with E-state index in [-0.39, 0.29) is 11.7 Å². The van der Waals surface area contributed by atoms with E-state index in [4.69, 9.17) is 5.73 Å². The Hall–Kier alpha value is -1.78. The summed E-state index contributed by atoms with van der Waals surface area (Å²) in [6, 6.07) is 0. The number of aromatic amines is 1. The lowest BCUT2D eigenvalue weighted by Gasteiger charge is -2.00. The quantitative estimate of drug-likeness (QED) is 0.572. The summed E-state index contributed by atoms with van der Waals surface area (Å²) in [5.41, 5.74) is 6.22. The maximum absolute atomic E-state index is 11.2. The standard InChI is InChI=1S/C7H10N4O/c1-4-6(10-3-9-4)7(12)11-5(2)8/h3H,2,8H2,1H3,(H,9,10)(H,11,12). The maximum atomic E-state index is 11.2. The van der Waals surface area contributed by atoms with E-state index in [1.54, 1.807) is 6.92 Å². The second-order valence-electron chi connectivity index (χ2n) is 2.36. The number of carbonyl (C=O) groups excluding carboxylic acids is 1. The molecule has 12 heavy (non-hydrogen) atoms. The van der Waals surface area contributed by atoms with Gasteiger partial charge in [0.25, 0.3) is 5.91 Å². The molecule has 0 aliphatic heterocycles. The molecule has 5 heteroatoms. The summed E-state index contributed by atoms with van der Waals surface area (Å²) in [4.78, 5) is 17.8. The molecule has 1 rings (SSSR count). The minimum absolute atomic E-state index is 0.113. The molecule has 1 aromatic rings. The molecule has 0 aliphatic carbocycles. The van der Waals surface area contributed by atoms with Crippen LogP contribution in [0.3, 0.4) is 0 Å². The Labute approximate surface area is 69.7 Å². The number of carbonyl (C=O) groups is 1. The van der Waals surface area contributed by atoms with E-state index >= 15 is 0 Å². The number of aryl methyl sites for hydroxylation is 1. The van der Waals surface area contributed by atoms with Gasteiger partial charge >= 0.3 is 0 Å². The summed E-state index contributed by atoms with van der Waals surface area (Å²) in [7, 11) is 0. The molecule has 0 spiro atoms. The van der Waals surface area contributed by atoms with E-state index < -0.39 is 0 Å². The SMILES string of the molecule is C=C(N)NC(=O)c1nc[nH]c1C. The number of rotatable bonds is 2. The number of aromatic nitrogens is 2. The van der Waals surface area contributed by atoms with Crippen molar-refractivity contribution in [1.29, 1.82) is 0 Å². The van der Waals surface area contributed by atoms with Crippen molar-refractivity contribution >= 4 is 5.91 Å². The first-order valence-electron chi connectivity index (χ1n) is 3.37. The fourth-order valence-corrected chi connectivity index (χ4v) is 0.793. The van der Waals surface area contributed by atoms with Gasteiger partial charge in [0.1, 0.15) is 5.69 Å². The monoisotopic (exact) mass is 166 g/mol. The highest BCUT2D eigenvalue weighted by Gasteiger charge is 2.10. The van der Waals surface area contributed by atoms with Crippen LogP contribution in [-0.2, 0) is 0 Å². The minimum Gasteiger partial charge on any atom is -0.386 e. The Bertz CT molecular complexity index is 315. The Morgan fingerprint density at radius 1 is 1.83 bits per heavy atom. The molecule has 64 valence electrons. The maximum Gasteiger partial charge on any atom is 0.277 e. The van der Waals surface area contributed by atoms with E-state index in [9.17, 15) is 4.79 Å². The van der Waals surface area contributed by atoms with Crippen molar-refractivity contribution in [3.8, 4) is 0 Å². The van der Waals surface area contributed by atoms with Crippen LogP contribution < -0.4 is 11.1 Å². The average Bonchev–Trinajstić information content (AvgIpc) is 2.33. The van der Waals surface area contributed by atoms with Crippen molar-refractivity contribution < 1.29 is 4.79 Å². The molecule has 0 atom stereocenters. The van der Waals surface area contributed by atoms with Crippen LogP contribution in [0.1, 0.15) is 16.2 Å². The lowest BCUT2D eigenvalue weighted by Crippen LogP contribution is -2.27. The van der Waals surface area contributed by atoms with Crippen LogP contribution in [0.2, 0.25) is 0 Å². The molecule has 0 saturated carbocycles. The summed E-state index contributed by atoms with van der Waals surface area (Å²) in [6.45, 7) is 5.09. The van der Waals surface area contributed by atoms with Crippen molar-refractivity contribution in [3.63, 3.8) is 0 Å². The third-order valence-electron chi connectivity index (χ3n) is 1.32.